The highest BCUT2D eigenvalue weighted by molar-refractivity contribution is 5.48. The molecule has 0 radical (unpaired) electrons. The minimum absolute atomic E-state index is 0.199. The van der Waals surface area contributed by atoms with Crippen LogP contribution in [-0.4, -0.2) is 34.3 Å². The van der Waals surface area contributed by atoms with Crippen LogP contribution in [0.2, 0.25) is 0 Å². The maximum Gasteiger partial charge on any atom is 0.132 e. The first kappa shape index (κ1) is 12.1. The van der Waals surface area contributed by atoms with Gasteiger partial charge in [0.1, 0.15) is 17.5 Å². The van der Waals surface area contributed by atoms with E-state index in [4.69, 9.17) is 5.11 Å². The van der Waals surface area contributed by atoms with Gasteiger partial charge in [0, 0.05) is 25.3 Å². The lowest BCUT2D eigenvalue weighted by Gasteiger charge is -2.27. The number of anilines is 2. The standard InChI is InChI=1S/C12H20N4O/c1-9-14-11(13-6-3-7-17)8-12(15-9)16-10-4-2-5-10/h8,10,17H,2-7H2,1H3,(H2,13,14,15,16). The molecular formula is C12H20N4O. The van der Waals surface area contributed by atoms with Crippen molar-refractivity contribution in [3.63, 3.8) is 0 Å². The van der Waals surface area contributed by atoms with Crippen molar-refractivity contribution in [2.75, 3.05) is 23.8 Å². The van der Waals surface area contributed by atoms with Crippen LogP contribution >= 0.6 is 0 Å². The summed E-state index contributed by atoms with van der Waals surface area (Å²) in [4.78, 5) is 8.69. The summed E-state index contributed by atoms with van der Waals surface area (Å²) >= 11 is 0. The van der Waals surface area contributed by atoms with Crippen molar-refractivity contribution in [2.24, 2.45) is 0 Å². The molecule has 1 aromatic rings. The Labute approximate surface area is 102 Å². The third kappa shape index (κ3) is 3.56. The first-order valence-electron chi connectivity index (χ1n) is 6.25. The third-order valence-electron chi connectivity index (χ3n) is 2.94. The van der Waals surface area contributed by atoms with Gasteiger partial charge in [0.05, 0.1) is 0 Å². The second kappa shape index (κ2) is 5.82. The van der Waals surface area contributed by atoms with Crippen LogP contribution in [0.25, 0.3) is 0 Å². The molecular weight excluding hydrogens is 216 g/mol. The first-order valence-corrected chi connectivity index (χ1v) is 6.25. The summed E-state index contributed by atoms with van der Waals surface area (Å²) in [6.45, 7) is 2.82. The van der Waals surface area contributed by atoms with E-state index in [1.54, 1.807) is 0 Å². The zero-order valence-corrected chi connectivity index (χ0v) is 10.2. The number of nitrogens with one attached hydrogen (secondary N) is 2. The Bertz CT molecular complexity index is 366. The van der Waals surface area contributed by atoms with Crippen molar-refractivity contribution in [2.45, 2.75) is 38.6 Å². The summed E-state index contributed by atoms with van der Waals surface area (Å²) < 4.78 is 0. The highest BCUT2D eigenvalue weighted by Crippen LogP contribution is 2.23. The summed E-state index contributed by atoms with van der Waals surface area (Å²) in [6.07, 6.45) is 4.50. The largest absolute Gasteiger partial charge is 0.396 e. The summed E-state index contributed by atoms with van der Waals surface area (Å²) in [6, 6.07) is 2.51. The minimum atomic E-state index is 0.199. The molecule has 5 nitrogen and oxygen atoms in total. The third-order valence-corrected chi connectivity index (χ3v) is 2.94. The van der Waals surface area contributed by atoms with E-state index in [2.05, 4.69) is 20.6 Å². The maximum absolute atomic E-state index is 8.73. The van der Waals surface area contributed by atoms with E-state index >= 15 is 0 Å². The van der Waals surface area contributed by atoms with Crippen LogP contribution < -0.4 is 10.6 Å². The molecule has 17 heavy (non-hydrogen) atoms. The zero-order chi connectivity index (χ0) is 12.1. The molecule has 1 saturated carbocycles. The molecule has 1 aliphatic rings. The number of aliphatic hydroxyl groups is 1. The van der Waals surface area contributed by atoms with E-state index < -0.39 is 0 Å². The molecule has 1 aromatic heterocycles. The minimum Gasteiger partial charge on any atom is -0.396 e. The highest BCUT2D eigenvalue weighted by atomic mass is 16.3. The van der Waals surface area contributed by atoms with Gasteiger partial charge in [-0.2, -0.15) is 0 Å². The van der Waals surface area contributed by atoms with Crippen molar-refractivity contribution in [1.82, 2.24) is 9.97 Å². The molecule has 0 spiro atoms. The summed E-state index contributed by atoms with van der Waals surface area (Å²) in [5.41, 5.74) is 0. The quantitative estimate of drug-likeness (QED) is 0.654. The van der Waals surface area contributed by atoms with Crippen LogP contribution in [0.15, 0.2) is 6.07 Å². The molecule has 1 aliphatic carbocycles. The van der Waals surface area contributed by atoms with E-state index in [1.165, 1.54) is 19.3 Å². The summed E-state index contributed by atoms with van der Waals surface area (Å²) in [5, 5.41) is 15.3. The SMILES string of the molecule is Cc1nc(NCCCO)cc(NC2CCC2)n1. The number of hydrogen-bond acceptors (Lipinski definition) is 5. The lowest BCUT2D eigenvalue weighted by molar-refractivity contribution is 0.292. The lowest BCUT2D eigenvalue weighted by atomic mass is 9.93. The van der Waals surface area contributed by atoms with Crippen molar-refractivity contribution < 1.29 is 5.11 Å². The Hall–Kier alpha value is -1.36. The molecule has 0 aromatic carbocycles. The number of nitrogens with zero attached hydrogens (tertiary/aromatic N) is 2. The van der Waals surface area contributed by atoms with Crippen molar-refractivity contribution >= 4 is 11.6 Å². The van der Waals surface area contributed by atoms with Crippen LogP contribution in [0.4, 0.5) is 11.6 Å². The Morgan fingerprint density at radius 3 is 2.76 bits per heavy atom. The van der Waals surface area contributed by atoms with Crippen LogP contribution in [-0.2, 0) is 0 Å². The van der Waals surface area contributed by atoms with Crippen LogP contribution in [0.3, 0.4) is 0 Å². The summed E-state index contributed by atoms with van der Waals surface area (Å²) in [5.74, 6) is 2.49. The predicted octanol–water partition coefficient (Wildman–Crippen LogP) is 1.54. The fourth-order valence-corrected chi connectivity index (χ4v) is 1.79. The van der Waals surface area contributed by atoms with Crippen LogP contribution in [0.5, 0.6) is 0 Å². The van der Waals surface area contributed by atoms with Gasteiger partial charge in [-0.3, -0.25) is 0 Å². The van der Waals surface area contributed by atoms with E-state index in [1.807, 2.05) is 13.0 Å². The second-order valence-corrected chi connectivity index (χ2v) is 4.46. The monoisotopic (exact) mass is 236 g/mol. The Kier molecular flexibility index (Phi) is 4.14. The van der Waals surface area contributed by atoms with Gasteiger partial charge in [0.15, 0.2) is 0 Å². The van der Waals surface area contributed by atoms with Gasteiger partial charge in [0.2, 0.25) is 0 Å². The van der Waals surface area contributed by atoms with Crippen molar-refractivity contribution in [3.8, 4) is 0 Å². The van der Waals surface area contributed by atoms with Crippen molar-refractivity contribution in [3.05, 3.63) is 11.9 Å². The maximum atomic E-state index is 8.73. The normalized spacial score (nSPS) is 15.4. The van der Waals surface area contributed by atoms with Gasteiger partial charge < -0.3 is 15.7 Å². The zero-order valence-electron chi connectivity index (χ0n) is 10.2. The lowest BCUT2D eigenvalue weighted by Crippen LogP contribution is -2.27. The van der Waals surface area contributed by atoms with Gasteiger partial charge in [0.25, 0.3) is 0 Å². The Morgan fingerprint density at radius 2 is 2.12 bits per heavy atom. The second-order valence-electron chi connectivity index (χ2n) is 4.46. The number of aliphatic hydroxyl groups excluding tert-OH is 1. The first-order chi connectivity index (χ1) is 8.28. The average Bonchev–Trinajstić information content (AvgIpc) is 2.23. The predicted molar refractivity (Wildman–Crippen MR) is 68.2 cm³/mol. The number of rotatable bonds is 6. The molecule has 1 heterocycles. The van der Waals surface area contributed by atoms with Crippen molar-refractivity contribution in [1.29, 1.82) is 0 Å². The molecule has 1 fully saturated rings. The molecule has 2 rings (SSSR count). The molecule has 94 valence electrons. The smallest absolute Gasteiger partial charge is 0.132 e. The van der Waals surface area contributed by atoms with Crippen LogP contribution in [0.1, 0.15) is 31.5 Å². The van der Waals surface area contributed by atoms with Gasteiger partial charge in [-0.25, -0.2) is 9.97 Å². The van der Waals surface area contributed by atoms with Gasteiger partial charge >= 0.3 is 0 Å². The van der Waals surface area contributed by atoms with E-state index in [0.717, 1.165) is 30.4 Å². The molecule has 3 N–H and O–H groups in total. The average molecular weight is 236 g/mol. The highest BCUT2D eigenvalue weighted by Gasteiger charge is 2.17. The van der Waals surface area contributed by atoms with Crippen LogP contribution in [0, 0.1) is 6.92 Å². The molecule has 0 atom stereocenters. The number of aryl methyl sites for hydroxylation is 1. The topological polar surface area (TPSA) is 70.1 Å². The number of aromatic nitrogens is 2. The Balaban J connectivity index is 1.95. The molecule has 5 heteroatoms. The van der Waals surface area contributed by atoms with Gasteiger partial charge in [-0.1, -0.05) is 0 Å². The Morgan fingerprint density at radius 1 is 1.35 bits per heavy atom. The molecule has 0 amide bonds. The van der Waals surface area contributed by atoms with Gasteiger partial charge in [-0.05, 0) is 32.6 Å². The number of hydrogen-bond donors (Lipinski definition) is 3. The fraction of sp³-hybridized carbons (Fsp3) is 0.667. The molecule has 0 bridgehead atoms. The van der Waals surface area contributed by atoms with E-state index in [9.17, 15) is 0 Å². The molecule has 0 aliphatic heterocycles. The van der Waals surface area contributed by atoms with E-state index in [0.29, 0.717) is 6.04 Å². The molecule has 0 unspecified atom stereocenters. The molecule has 0 saturated heterocycles. The fourth-order valence-electron chi connectivity index (χ4n) is 1.79. The van der Waals surface area contributed by atoms with Gasteiger partial charge in [-0.15, -0.1) is 0 Å². The van der Waals surface area contributed by atoms with E-state index in [-0.39, 0.29) is 6.61 Å². The summed E-state index contributed by atoms with van der Waals surface area (Å²) in [7, 11) is 0.